The van der Waals surface area contributed by atoms with Gasteiger partial charge in [-0.3, -0.25) is 0 Å². The molecular weight excluding hydrogens is 346 g/mol. The summed E-state index contributed by atoms with van der Waals surface area (Å²) in [5, 5.41) is 3.80. The van der Waals surface area contributed by atoms with Gasteiger partial charge in [-0.05, 0) is 49.6 Å². The molecular formula is C17H20ClN3O2S. The highest BCUT2D eigenvalue weighted by atomic mass is 35.5. The predicted molar refractivity (Wildman–Crippen MR) is 96.3 cm³/mol. The molecule has 1 aromatic heterocycles. The number of sulfonamides is 1. The van der Waals surface area contributed by atoms with Crippen LogP contribution < -0.4 is 5.32 Å². The second-order valence-corrected chi connectivity index (χ2v) is 8.28. The maximum absolute atomic E-state index is 12.6. The van der Waals surface area contributed by atoms with Crippen LogP contribution in [0.3, 0.4) is 0 Å². The van der Waals surface area contributed by atoms with Gasteiger partial charge in [-0.25, -0.2) is 13.4 Å². The number of benzene rings is 1. The molecule has 5 nitrogen and oxygen atoms in total. The maximum atomic E-state index is 12.6. The van der Waals surface area contributed by atoms with Gasteiger partial charge in [0.15, 0.2) is 0 Å². The summed E-state index contributed by atoms with van der Waals surface area (Å²) in [6.07, 6.45) is 4.33. The first-order valence-corrected chi connectivity index (χ1v) is 9.78. The van der Waals surface area contributed by atoms with Crippen molar-refractivity contribution >= 4 is 33.1 Å². The molecule has 7 heteroatoms. The Balaban J connectivity index is 1.76. The molecule has 1 N–H and O–H groups in total. The largest absolute Gasteiger partial charge is 0.340 e. The van der Waals surface area contributed by atoms with Gasteiger partial charge in [-0.2, -0.15) is 4.31 Å². The molecule has 1 fully saturated rings. The van der Waals surface area contributed by atoms with Gasteiger partial charge in [-0.1, -0.05) is 24.1 Å². The summed E-state index contributed by atoms with van der Waals surface area (Å²) in [6.45, 7) is 3.11. The van der Waals surface area contributed by atoms with Gasteiger partial charge in [-0.15, -0.1) is 0 Å². The van der Waals surface area contributed by atoms with Crippen molar-refractivity contribution in [2.45, 2.75) is 31.1 Å². The summed E-state index contributed by atoms with van der Waals surface area (Å²) in [5.74, 6) is 0.576. The Labute approximate surface area is 147 Å². The van der Waals surface area contributed by atoms with E-state index < -0.39 is 10.0 Å². The lowest BCUT2D eigenvalue weighted by atomic mass is 10.2. The van der Waals surface area contributed by atoms with Gasteiger partial charge in [0.25, 0.3) is 0 Å². The SMILES string of the molecule is Cc1ccc(Nc2ccc(S(=O)(=O)N3CCCCC3)cn2)cc1Cl. The summed E-state index contributed by atoms with van der Waals surface area (Å²) < 4.78 is 26.7. The van der Waals surface area contributed by atoms with E-state index >= 15 is 0 Å². The molecule has 1 aromatic carbocycles. The molecule has 1 saturated heterocycles. The van der Waals surface area contributed by atoms with Crippen molar-refractivity contribution in [2.75, 3.05) is 18.4 Å². The minimum absolute atomic E-state index is 0.233. The number of aromatic nitrogens is 1. The average molecular weight is 366 g/mol. The molecule has 2 aromatic rings. The fraction of sp³-hybridized carbons (Fsp3) is 0.353. The van der Waals surface area contributed by atoms with Crippen molar-refractivity contribution in [3.8, 4) is 0 Å². The van der Waals surface area contributed by atoms with Crippen LogP contribution in [0.5, 0.6) is 0 Å². The molecule has 0 bridgehead atoms. The van der Waals surface area contributed by atoms with Crippen molar-refractivity contribution in [1.29, 1.82) is 0 Å². The molecule has 0 unspecified atom stereocenters. The summed E-state index contributed by atoms with van der Waals surface area (Å²) in [5.41, 5.74) is 1.81. The van der Waals surface area contributed by atoms with Crippen LogP contribution in [-0.4, -0.2) is 30.8 Å². The number of halogens is 1. The third kappa shape index (κ3) is 3.71. The van der Waals surface area contributed by atoms with Gasteiger partial charge in [0.05, 0.1) is 0 Å². The second-order valence-electron chi connectivity index (χ2n) is 5.93. The zero-order valence-electron chi connectivity index (χ0n) is 13.5. The van der Waals surface area contributed by atoms with E-state index in [2.05, 4.69) is 10.3 Å². The summed E-state index contributed by atoms with van der Waals surface area (Å²) in [7, 11) is -3.44. The monoisotopic (exact) mass is 365 g/mol. The summed E-state index contributed by atoms with van der Waals surface area (Å²) in [6, 6.07) is 8.90. The first-order valence-electron chi connectivity index (χ1n) is 7.96. The van der Waals surface area contributed by atoms with Crippen LogP contribution in [0.1, 0.15) is 24.8 Å². The van der Waals surface area contributed by atoms with Crippen molar-refractivity contribution in [1.82, 2.24) is 9.29 Å². The quantitative estimate of drug-likeness (QED) is 0.890. The Morgan fingerprint density at radius 3 is 2.50 bits per heavy atom. The molecule has 24 heavy (non-hydrogen) atoms. The van der Waals surface area contributed by atoms with Crippen LogP contribution in [0.4, 0.5) is 11.5 Å². The molecule has 0 amide bonds. The lowest BCUT2D eigenvalue weighted by Crippen LogP contribution is -2.35. The normalized spacial score (nSPS) is 16.1. The van der Waals surface area contributed by atoms with E-state index in [0.29, 0.717) is 23.9 Å². The number of piperidine rings is 1. The molecule has 0 atom stereocenters. The Morgan fingerprint density at radius 2 is 1.88 bits per heavy atom. The lowest BCUT2D eigenvalue weighted by molar-refractivity contribution is 0.346. The van der Waals surface area contributed by atoms with E-state index in [4.69, 9.17) is 11.6 Å². The Bertz CT molecular complexity index is 816. The molecule has 1 aliphatic rings. The number of pyridine rings is 1. The fourth-order valence-electron chi connectivity index (χ4n) is 2.68. The zero-order chi connectivity index (χ0) is 17.2. The molecule has 3 rings (SSSR count). The van der Waals surface area contributed by atoms with Gasteiger partial charge in [0, 0.05) is 30.0 Å². The topological polar surface area (TPSA) is 62.3 Å². The Hall–Kier alpha value is -1.63. The van der Waals surface area contributed by atoms with Crippen molar-refractivity contribution in [3.05, 3.63) is 47.1 Å². The average Bonchev–Trinajstić information content (AvgIpc) is 2.59. The van der Waals surface area contributed by atoms with Crippen LogP contribution in [0.15, 0.2) is 41.4 Å². The molecule has 128 valence electrons. The van der Waals surface area contributed by atoms with Gasteiger partial charge in [0.1, 0.15) is 10.7 Å². The number of rotatable bonds is 4. The van der Waals surface area contributed by atoms with Crippen molar-refractivity contribution in [3.63, 3.8) is 0 Å². The highest BCUT2D eigenvalue weighted by Gasteiger charge is 2.26. The molecule has 0 saturated carbocycles. The van der Waals surface area contributed by atoms with E-state index in [1.807, 2.05) is 25.1 Å². The van der Waals surface area contributed by atoms with Crippen molar-refractivity contribution < 1.29 is 8.42 Å². The molecule has 0 aliphatic carbocycles. The maximum Gasteiger partial charge on any atom is 0.244 e. The predicted octanol–water partition coefficient (Wildman–Crippen LogP) is 3.96. The minimum atomic E-state index is -3.44. The number of nitrogens with zero attached hydrogens (tertiary/aromatic N) is 2. The number of hydrogen-bond donors (Lipinski definition) is 1. The first kappa shape index (κ1) is 17.2. The van der Waals surface area contributed by atoms with Crippen LogP contribution in [0.2, 0.25) is 5.02 Å². The number of hydrogen-bond acceptors (Lipinski definition) is 4. The Kier molecular flexibility index (Phi) is 5.08. The van der Waals surface area contributed by atoms with Crippen LogP contribution in [0.25, 0.3) is 0 Å². The number of aryl methyl sites for hydroxylation is 1. The van der Waals surface area contributed by atoms with Crippen LogP contribution in [-0.2, 0) is 10.0 Å². The third-order valence-corrected chi connectivity index (χ3v) is 6.42. The van der Waals surface area contributed by atoms with E-state index in [1.54, 1.807) is 16.4 Å². The highest BCUT2D eigenvalue weighted by Crippen LogP contribution is 2.24. The molecule has 2 heterocycles. The standard InChI is InChI=1S/C17H20ClN3O2S/c1-13-5-6-14(11-16(13)18)20-17-8-7-15(12-19-17)24(22,23)21-9-3-2-4-10-21/h5-8,11-12H,2-4,9-10H2,1H3,(H,19,20). The summed E-state index contributed by atoms with van der Waals surface area (Å²) in [4.78, 5) is 4.46. The first-order chi connectivity index (χ1) is 11.5. The molecule has 0 spiro atoms. The second kappa shape index (κ2) is 7.09. The van der Waals surface area contributed by atoms with Gasteiger partial charge in [0.2, 0.25) is 10.0 Å². The highest BCUT2D eigenvalue weighted by molar-refractivity contribution is 7.89. The minimum Gasteiger partial charge on any atom is -0.340 e. The smallest absolute Gasteiger partial charge is 0.244 e. The van der Waals surface area contributed by atoms with Gasteiger partial charge >= 0.3 is 0 Å². The lowest BCUT2D eigenvalue weighted by Gasteiger charge is -2.25. The Morgan fingerprint density at radius 1 is 1.12 bits per heavy atom. The van der Waals surface area contributed by atoms with E-state index in [9.17, 15) is 8.42 Å². The van der Waals surface area contributed by atoms with Gasteiger partial charge < -0.3 is 5.32 Å². The number of anilines is 2. The zero-order valence-corrected chi connectivity index (χ0v) is 15.1. The van der Waals surface area contributed by atoms with E-state index in [-0.39, 0.29) is 4.90 Å². The van der Waals surface area contributed by atoms with Crippen LogP contribution in [0, 0.1) is 6.92 Å². The van der Waals surface area contributed by atoms with E-state index in [0.717, 1.165) is 30.5 Å². The summed E-state index contributed by atoms with van der Waals surface area (Å²) >= 11 is 6.11. The number of nitrogens with one attached hydrogen (secondary N) is 1. The van der Waals surface area contributed by atoms with Crippen LogP contribution >= 0.6 is 11.6 Å². The third-order valence-electron chi connectivity index (χ3n) is 4.13. The van der Waals surface area contributed by atoms with Crippen molar-refractivity contribution in [2.24, 2.45) is 0 Å². The molecule has 0 radical (unpaired) electrons. The van der Waals surface area contributed by atoms with E-state index in [1.165, 1.54) is 6.20 Å². The molecule has 1 aliphatic heterocycles. The fourth-order valence-corrected chi connectivity index (χ4v) is 4.32.